The van der Waals surface area contributed by atoms with E-state index >= 15 is 0 Å². The van der Waals surface area contributed by atoms with E-state index in [0.29, 0.717) is 6.54 Å². The van der Waals surface area contributed by atoms with Gasteiger partial charge in [-0.15, -0.1) is 0 Å². The minimum absolute atomic E-state index is 0.115. The summed E-state index contributed by atoms with van der Waals surface area (Å²) in [5.74, 6) is 0.367. The first-order chi connectivity index (χ1) is 12.3. The van der Waals surface area contributed by atoms with Crippen molar-refractivity contribution in [2.45, 2.75) is 52.0 Å². The second kappa shape index (κ2) is 9.49. The third-order valence-corrected chi connectivity index (χ3v) is 5.02. The predicted octanol–water partition coefficient (Wildman–Crippen LogP) is 2.54. The molecule has 1 fully saturated rings. The molecule has 4 atom stereocenters. The van der Waals surface area contributed by atoms with E-state index in [9.17, 15) is 4.79 Å². The third kappa shape index (κ3) is 5.53. The molecular weight excluding hydrogens is 326 g/mol. The number of hydrogen-bond donors (Lipinski definition) is 1. The summed E-state index contributed by atoms with van der Waals surface area (Å²) < 4.78 is 5.83. The van der Waals surface area contributed by atoms with Crippen molar-refractivity contribution >= 4 is 5.91 Å². The van der Waals surface area contributed by atoms with Gasteiger partial charge in [-0.25, -0.2) is 0 Å². The lowest BCUT2D eigenvalue weighted by molar-refractivity contribution is -0.135. The Labute approximate surface area is 158 Å². The molecule has 1 aliphatic rings. The maximum Gasteiger partial charge on any atom is 0.237 e. The van der Waals surface area contributed by atoms with E-state index in [1.54, 1.807) is 0 Å². The standard InChI is InChI=1S/C21H35N3O2/c1-15(2)20(24-13-16(3)26-17(4)14-24)21(25)22-12-19(23(5)6)18-10-8-7-9-11-18/h7-11,15-17,19-20H,12-14H2,1-6H3,(H,22,25). The van der Waals surface area contributed by atoms with E-state index < -0.39 is 0 Å². The van der Waals surface area contributed by atoms with E-state index in [1.807, 2.05) is 18.2 Å². The maximum atomic E-state index is 13.0. The smallest absolute Gasteiger partial charge is 0.237 e. The van der Waals surface area contributed by atoms with Gasteiger partial charge >= 0.3 is 0 Å². The summed E-state index contributed by atoms with van der Waals surface area (Å²) in [5.41, 5.74) is 1.22. The number of carbonyl (C=O) groups excluding carboxylic acids is 1. The van der Waals surface area contributed by atoms with Crippen LogP contribution in [0.4, 0.5) is 0 Å². The third-order valence-electron chi connectivity index (χ3n) is 5.02. The molecule has 1 amide bonds. The Balaban J connectivity index is 2.05. The average Bonchev–Trinajstić information content (AvgIpc) is 2.54. The first-order valence-electron chi connectivity index (χ1n) is 9.68. The van der Waals surface area contributed by atoms with Crippen LogP contribution >= 0.6 is 0 Å². The highest BCUT2D eigenvalue weighted by Crippen LogP contribution is 2.20. The predicted molar refractivity (Wildman–Crippen MR) is 106 cm³/mol. The van der Waals surface area contributed by atoms with E-state index in [0.717, 1.165) is 13.1 Å². The first kappa shape index (κ1) is 20.9. The molecule has 0 spiro atoms. The van der Waals surface area contributed by atoms with Crippen molar-refractivity contribution < 1.29 is 9.53 Å². The first-order valence-corrected chi connectivity index (χ1v) is 9.68. The lowest BCUT2D eigenvalue weighted by Crippen LogP contribution is -2.57. The number of ether oxygens (including phenoxy) is 1. The van der Waals surface area contributed by atoms with Gasteiger partial charge in [-0.05, 0) is 39.4 Å². The second-order valence-electron chi connectivity index (χ2n) is 8.04. The van der Waals surface area contributed by atoms with Gasteiger partial charge in [0.05, 0.1) is 24.3 Å². The quantitative estimate of drug-likeness (QED) is 0.811. The number of likely N-dealkylation sites (N-methyl/N-ethyl adjacent to an activating group) is 1. The van der Waals surface area contributed by atoms with Crippen LogP contribution in [0.1, 0.15) is 39.3 Å². The average molecular weight is 362 g/mol. The Kier molecular flexibility index (Phi) is 7.62. The van der Waals surface area contributed by atoms with Crippen LogP contribution in [0.15, 0.2) is 30.3 Å². The van der Waals surface area contributed by atoms with Crippen molar-refractivity contribution in [3.05, 3.63) is 35.9 Å². The Hall–Kier alpha value is -1.43. The molecule has 1 aromatic carbocycles. The van der Waals surface area contributed by atoms with Crippen LogP contribution in [0.25, 0.3) is 0 Å². The second-order valence-corrected chi connectivity index (χ2v) is 8.04. The van der Waals surface area contributed by atoms with Crippen LogP contribution in [-0.2, 0) is 9.53 Å². The van der Waals surface area contributed by atoms with Gasteiger partial charge in [0.25, 0.3) is 0 Å². The molecular formula is C21H35N3O2. The summed E-state index contributed by atoms with van der Waals surface area (Å²) in [5, 5.41) is 3.21. The van der Waals surface area contributed by atoms with Gasteiger partial charge in [0.2, 0.25) is 5.91 Å². The van der Waals surface area contributed by atoms with Gasteiger partial charge in [0.1, 0.15) is 0 Å². The SMILES string of the molecule is CC1CN(C(C(=O)NCC(c2ccccc2)N(C)C)C(C)C)CC(C)O1. The van der Waals surface area contributed by atoms with Crippen molar-refractivity contribution in [3.63, 3.8) is 0 Å². The van der Waals surface area contributed by atoms with Crippen molar-refractivity contribution in [2.24, 2.45) is 5.92 Å². The molecule has 1 aromatic rings. The minimum Gasteiger partial charge on any atom is -0.373 e. The summed E-state index contributed by atoms with van der Waals surface area (Å²) in [6, 6.07) is 10.4. The molecule has 4 unspecified atom stereocenters. The molecule has 1 saturated heterocycles. The Bertz CT molecular complexity index is 552. The number of benzene rings is 1. The molecule has 5 heteroatoms. The zero-order valence-electron chi connectivity index (χ0n) is 17.1. The molecule has 0 radical (unpaired) electrons. The zero-order chi connectivity index (χ0) is 19.3. The summed E-state index contributed by atoms with van der Waals surface area (Å²) in [6.45, 7) is 10.6. The van der Waals surface area contributed by atoms with E-state index in [1.165, 1.54) is 5.56 Å². The molecule has 5 nitrogen and oxygen atoms in total. The molecule has 146 valence electrons. The fourth-order valence-electron chi connectivity index (χ4n) is 3.91. The van der Waals surface area contributed by atoms with Gasteiger partial charge in [0.15, 0.2) is 0 Å². The van der Waals surface area contributed by atoms with E-state index in [2.05, 4.69) is 69.0 Å². The monoisotopic (exact) mass is 361 g/mol. The van der Waals surface area contributed by atoms with Crippen LogP contribution in [0.5, 0.6) is 0 Å². The summed E-state index contributed by atoms with van der Waals surface area (Å²) in [4.78, 5) is 17.5. The number of nitrogens with one attached hydrogen (secondary N) is 1. The van der Waals surface area contributed by atoms with Crippen LogP contribution in [0.3, 0.4) is 0 Å². The lowest BCUT2D eigenvalue weighted by atomic mass is 9.99. The molecule has 0 bridgehead atoms. The number of nitrogens with zero attached hydrogens (tertiary/aromatic N) is 2. The van der Waals surface area contributed by atoms with Gasteiger partial charge < -0.3 is 15.0 Å². The fourth-order valence-corrected chi connectivity index (χ4v) is 3.91. The van der Waals surface area contributed by atoms with E-state index in [4.69, 9.17) is 4.74 Å². The number of rotatable bonds is 7. The van der Waals surface area contributed by atoms with Crippen molar-refractivity contribution in [2.75, 3.05) is 33.7 Å². The van der Waals surface area contributed by atoms with Gasteiger partial charge in [-0.3, -0.25) is 9.69 Å². The van der Waals surface area contributed by atoms with Crippen molar-refractivity contribution in [1.82, 2.24) is 15.1 Å². The highest BCUT2D eigenvalue weighted by atomic mass is 16.5. The number of hydrogen-bond acceptors (Lipinski definition) is 4. The highest BCUT2D eigenvalue weighted by Gasteiger charge is 2.34. The molecule has 2 rings (SSSR count). The van der Waals surface area contributed by atoms with Crippen molar-refractivity contribution in [1.29, 1.82) is 0 Å². The van der Waals surface area contributed by atoms with Gasteiger partial charge in [-0.2, -0.15) is 0 Å². The topological polar surface area (TPSA) is 44.8 Å². The van der Waals surface area contributed by atoms with Crippen LogP contribution in [0.2, 0.25) is 0 Å². The molecule has 26 heavy (non-hydrogen) atoms. The minimum atomic E-state index is -0.123. The Morgan fingerprint density at radius 1 is 1.19 bits per heavy atom. The Morgan fingerprint density at radius 2 is 1.77 bits per heavy atom. The zero-order valence-corrected chi connectivity index (χ0v) is 17.1. The summed E-state index contributed by atoms with van der Waals surface area (Å²) in [7, 11) is 4.10. The summed E-state index contributed by atoms with van der Waals surface area (Å²) >= 11 is 0. The van der Waals surface area contributed by atoms with Gasteiger partial charge in [-0.1, -0.05) is 44.2 Å². The molecule has 1 N–H and O–H groups in total. The Morgan fingerprint density at radius 3 is 2.27 bits per heavy atom. The fraction of sp³-hybridized carbons (Fsp3) is 0.667. The molecule has 1 heterocycles. The van der Waals surface area contributed by atoms with Gasteiger partial charge in [0, 0.05) is 19.6 Å². The van der Waals surface area contributed by atoms with Crippen LogP contribution in [-0.4, -0.2) is 67.7 Å². The van der Waals surface area contributed by atoms with Crippen LogP contribution in [0, 0.1) is 5.92 Å². The van der Waals surface area contributed by atoms with Crippen molar-refractivity contribution in [3.8, 4) is 0 Å². The maximum absolute atomic E-state index is 13.0. The van der Waals surface area contributed by atoms with Crippen LogP contribution < -0.4 is 5.32 Å². The highest BCUT2D eigenvalue weighted by molar-refractivity contribution is 5.82. The largest absolute Gasteiger partial charge is 0.373 e. The normalized spacial score (nSPS) is 23.8. The molecule has 0 aromatic heterocycles. The molecule has 1 aliphatic heterocycles. The number of carbonyl (C=O) groups is 1. The lowest BCUT2D eigenvalue weighted by Gasteiger charge is -2.41. The summed E-state index contributed by atoms with van der Waals surface area (Å²) in [6.07, 6.45) is 0.318. The number of amides is 1. The number of morpholine rings is 1. The molecule has 0 saturated carbocycles. The van der Waals surface area contributed by atoms with E-state index in [-0.39, 0.29) is 36.1 Å². The molecule has 0 aliphatic carbocycles.